The van der Waals surface area contributed by atoms with E-state index in [1.165, 1.54) is 0 Å². The first-order chi connectivity index (χ1) is 10.1. The van der Waals surface area contributed by atoms with Crippen LogP contribution in [0.4, 0.5) is 5.69 Å². The molecule has 0 spiro atoms. The van der Waals surface area contributed by atoms with Crippen LogP contribution in [0.5, 0.6) is 0 Å². The first kappa shape index (κ1) is 16.3. The number of halogens is 1. The SMILES string of the molecule is CCCCN(C(=O)c1ccc(Cl)cc1)c1ccc[c]([Ti])c1. The van der Waals surface area contributed by atoms with Crippen LogP contribution in [0.25, 0.3) is 0 Å². The number of carbonyl (C=O) groups is 1. The summed E-state index contributed by atoms with van der Waals surface area (Å²) in [5, 5.41) is 0.641. The second-order valence-electron chi connectivity index (χ2n) is 4.87. The summed E-state index contributed by atoms with van der Waals surface area (Å²) >= 11 is 7.93. The van der Waals surface area contributed by atoms with Gasteiger partial charge in [-0.15, -0.1) is 0 Å². The molecule has 0 aliphatic rings. The summed E-state index contributed by atoms with van der Waals surface area (Å²) in [6, 6.07) is 15.1. The van der Waals surface area contributed by atoms with Crippen LogP contribution in [0.1, 0.15) is 30.1 Å². The van der Waals surface area contributed by atoms with Crippen LogP contribution in [-0.2, 0) is 20.4 Å². The minimum atomic E-state index is 0.0192. The molecule has 0 saturated heterocycles. The van der Waals surface area contributed by atoms with E-state index in [9.17, 15) is 4.79 Å². The van der Waals surface area contributed by atoms with E-state index in [4.69, 9.17) is 11.6 Å². The van der Waals surface area contributed by atoms with Crippen molar-refractivity contribution in [2.75, 3.05) is 11.4 Å². The number of nitrogens with zero attached hydrogens (tertiary/aromatic N) is 1. The zero-order chi connectivity index (χ0) is 15.2. The summed E-state index contributed by atoms with van der Waals surface area (Å²) in [5.41, 5.74) is 1.61. The normalized spacial score (nSPS) is 10.3. The molecule has 107 valence electrons. The van der Waals surface area contributed by atoms with Crippen molar-refractivity contribution in [3.05, 3.63) is 59.1 Å². The summed E-state index contributed by atoms with van der Waals surface area (Å²) in [4.78, 5) is 14.6. The van der Waals surface area contributed by atoms with Gasteiger partial charge in [0.2, 0.25) is 0 Å². The van der Waals surface area contributed by atoms with E-state index in [0.717, 1.165) is 28.9 Å². The standard InChI is InChI=1S/C17H17ClNO.Ti/c1-2-3-13-19(16-7-5-4-6-8-16)17(20)14-9-11-15(18)12-10-14;/h4-5,7-12H,2-3,13H2,1H3;. The molecule has 2 rings (SSSR count). The topological polar surface area (TPSA) is 20.3 Å². The van der Waals surface area contributed by atoms with Gasteiger partial charge in [-0.2, -0.15) is 0 Å². The molecule has 0 fully saturated rings. The molecule has 0 saturated carbocycles. The molecule has 0 aliphatic heterocycles. The fourth-order valence-corrected chi connectivity index (χ4v) is 2.59. The third-order valence-corrected chi connectivity index (χ3v) is 3.97. The van der Waals surface area contributed by atoms with E-state index in [-0.39, 0.29) is 5.91 Å². The second kappa shape index (κ2) is 7.79. The number of amides is 1. The van der Waals surface area contributed by atoms with Crippen molar-refractivity contribution in [2.45, 2.75) is 19.8 Å². The Balaban J connectivity index is 2.31. The molecule has 0 atom stereocenters. The van der Waals surface area contributed by atoms with Crippen molar-refractivity contribution in [1.29, 1.82) is 0 Å². The van der Waals surface area contributed by atoms with Gasteiger partial charge in [-0.05, 0) is 0 Å². The fraction of sp³-hybridized carbons (Fsp3) is 0.235. The van der Waals surface area contributed by atoms with Gasteiger partial charge in [-0.3, -0.25) is 0 Å². The van der Waals surface area contributed by atoms with Crippen molar-refractivity contribution < 1.29 is 25.2 Å². The van der Waals surface area contributed by atoms with Gasteiger partial charge in [0.25, 0.3) is 0 Å². The Morgan fingerprint density at radius 1 is 1.19 bits per heavy atom. The molecule has 1 amide bonds. The Bertz CT molecular complexity index is 612. The van der Waals surface area contributed by atoms with Crippen molar-refractivity contribution in [1.82, 2.24) is 0 Å². The van der Waals surface area contributed by atoms with E-state index in [2.05, 4.69) is 6.92 Å². The number of anilines is 1. The molecule has 0 bridgehead atoms. The van der Waals surface area contributed by atoms with E-state index in [1.807, 2.05) is 49.6 Å². The van der Waals surface area contributed by atoms with Crippen LogP contribution in [0.3, 0.4) is 0 Å². The molecule has 0 aliphatic carbocycles. The van der Waals surface area contributed by atoms with Crippen LogP contribution in [0, 0.1) is 0 Å². The Morgan fingerprint density at radius 3 is 2.52 bits per heavy atom. The van der Waals surface area contributed by atoms with E-state index in [1.54, 1.807) is 24.3 Å². The monoisotopic (exact) mass is 334 g/mol. The zero-order valence-corrected chi connectivity index (χ0v) is 14.3. The van der Waals surface area contributed by atoms with Crippen LogP contribution >= 0.6 is 11.6 Å². The van der Waals surface area contributed by atoms with E-state index >= 15 is 0 Å². The molecular weight excluding hydrogens is 318 g/mol. The molecule has 0 N–H and O–H groups in total. The predicted octanol–water partition coefficient (Wildman–Crippen LogP) is 3.96. The third-order valence-electron chi connectivity index (χ3n) is 3.23. The van der Waals surface area contributed by atoms with Gasteiger partial charge in [0, 0.05) is 0 Å². The van der Waals surface area contributed by atoms with E-state index < -0.39 is 0 Å². The summed E-state index contributed by atoms with van der Waals surface area (Å²) < 4.78 is 1.15. The predicted molar refractivity (Wildman–Crippen MR) is 84.1 cm³/mol. The number of benzene rings is 2. The average molecular weight is 335 g/mol. The Morgan fingerprint density at radius 2 is 1.90 bits per heavy atom. The Labute approximate surface area is 142 Å². The Kier molecular flexibility index (Phi) is 6.04. The van der Waals surface area contributed by atoms with Gasteiger partial charge in [-0.25, -0.2) is 0 Å². The molecule has 0 aromatic heterocycles. The first-order valence-corrected chi connectivity index (χ1v) is 8.17. The molecule has 2 nitrogen and oxygen atoms in total. The van der Waals surface area contributed by atoms with Crippen LogP contribution < -0.4 is 8.77 Å². The minimum absolute atomic E-state index is 0.0192. The van der Waals surface area contributed by atoms with Gasteiger partial charge < -0.3 is 0 Å². The molecule has 0 heterocycles. The number of hydrogen-bond donors (Lipinski definition) is 0. The summed E-state index contributed by atoms with van der Waals surface area (Å²) in [6.45, 7) is 2.85. The molecule has 0 unspecified atom stereocenters. The van der Waals surface area contributed by atoms with Crippen molar-refractivity contribution >= 4 is 27.1 Å². The molecule has 2 aromatic rings. The molecule has 2 aromatic carbocycles. The fourth-order valence-electron chi connectivity index (χ4n) is 2.09. The third kappa shape index (κ3) is 4.44. The van der Waals surface area contributed by atoms with Gasteiger partial charge in [0.05, 0.1) is 0 Å². The first-order valence-electron chi connectivity index (χ1n) is 7.01. The molecular formula is C17H17ClNOTi. The molecule has 4 heteroatoms. The summed E-state index contributed by atoms with van der Waals surface area (Å²) in [5.74, 6) is 0.0192. The average Bonchev–Trinajstić information content (AvgIpc) is 2.48. The van der Waals surface area contributed by atoms with Crippen molar-refractivity contribution in [3.63, 3.8) is 0 Å². The van der Waals surface area contributed by atoms with Crippen molar-refractivity contribution in [2.24, 2.45) is 0 Å². The van der Waals surface area contributed by atoms with Gasteiger partial charge in [0.1, 0.15) is 0 Å². The number of carbonyl (C=O) groups excluding carboxylic acids is 1. The number of hydrogen-bond acceptors (Lipinski definition) is 1. The van der Waals surface area contributed by atoms with Gasteiger partial charge >= 0.3 is 143 Å². The quantitative estimate of drug-likeness (QED) is 0.758. The van der Waals surface area contributed by atoms with Gasteiger partial charge in [0.15, 0.2) is 0 Å². The summed E-state index contributed by atoms with van der Waals surface area (Å²) in [6.07, 6.45) is 2.03. The summed E-state index contributed by atoms with van der Waals surface area (Å²) in [7, 11) is 0. The maximum absolute atomic E-state index is 12.8. The van der Waals surface area contributed by atoms with Crippen LogP contribution in [0.2, 0.25) is 5.02 Å². The Hall–Kier alpha value is -1.09. The molecule has 0 radical (unpaired) electrons. The van der Waals surface area contributed by atoms with Crippen LogP contribution in [0.15, 0.2) is 48.5 Å². The van der Waals surface area contributed by atoms with Crippen LogP contribution in [-0.4, -0.2) is 12.5 Å². The van der Waals surface area contributed by atoms with Crippen molar-refractivity contribution in [3.8, 4) is 0 Å². The number of unbranched alkanes of at least 4 members (excludes halogenated alkanes) is 1. The maximum atomic E-state index is 12.8. The number of rotatable bonds is 5. The second-order valence-corrected chi connectivity index (χ2v) is 6.21. The van der Waals surface area contributed by atoms with E-state index in [0.29, 0.717) is 10.6 Å². The van der Waals surface area contributed by atoms with Gasteiger partial charge in [-0.1, -0.05) is 0 Å². The zero-order valence-electron chi connectivity index (χ0n) is 12.0. The molecule has 21 heavy (non-hydrogen) atoms.